The van der Waals surface area contributed by atoms with Gasteiger partial charge in [0.1, 0.15) is 0 Å². The van der Waals surface area contributed by atoms with Crippen molar-refractivity contribution in [1.82, 2.24) is 0 Å². The summed E-state index contributed by atoms with van der Waals surface area (Å²) in [6.07, 6.45) is 3.96. The number of ether oxygens (including phenoxy) is 2. The number of hydrogen-bond donors (Lipinski definition) is 0. The molecule has 0 aliphatic carbocycles. The van der Waals surface area contributed by atoms with Gasteiger partial charge in [-0.05, 0) is 18.4 Å². The van der Waals surface area contributed by atoms with Gasteiger partial charge in [0.25, 0.3) is 0 Å². The molecule has 0 fully saturated rings. The zero-order chi connectivity index (χ0) is 16.6. The van der Waals surface area contributed by atoms with E-state index in [0.717, 1.165) is 5.56 Å². The molecule has 0 radical (unpaired) electrons. The molecule has 1 aromatic carbocycles. The zero-order valence-electron chi connectivity index (χ0n) is 13.1. The second-order valence-corrected chi connectivity index (χ2v) is 4.91. The highest BCUT2D eigenvalue weighted by atomic mass is 16.5. The fourth-order valence-corrected chi connectivity index (χ4v) is 2.67. The molecule has 0 N–H and O–H groups in total. The molecule has 0 spiro atoms. The first-order chi connectivity index (χ1) is 10.6. The van der Waals surface area contributed by atoms with Gasteiger partial charge in [-0.15, -0.1) is 13.2 Å². The average molecular weight is 302 g/mol. The van der Waals surface area contributed by atoms with Crippen molar-refractivity contribution in [2.45, 2.75) is 18.8 Å². The Hall–Kier alpha value is -2.36. The van der Waals surface area contributed by atoms with Crippen LogP contribution in [0, 0.1) is 5.41 Å². The minimum absolute atomic E-state index is 0.238. The van der Waals surface area contributed by atoms with Crippen LogP contribution in [0.1, 0.15) is 24.3 Å². The zero-order valence-corrected chi connectivity index (χ0v) is 13.1. The van der Waals surface area contributed by atoms with Crippen LogP contribution in [0.5, 0.6) is 0 Å². The van der Waals surface area contributed by atoms with E-state index in [0.29, 0.717) is 6.42 Å². The van der Waals surface area contributed by atoms with Crippen molar-refractivity contribution in [3.63, 3.8) is 0 Å². The van der Waals surface area contributed by atoms with Crippen molar-refractivity contribution in [3.05, 3.63) is 61.2 Å². The van der Waals surface area contributed by atoms with E-state index in [1.54, 1.807) is 12.2 Å². The smallest absolute Gasteiger partial charge is 0.324 e. The van der Waals surface area contributed by atoms with Crippen LogP contribution in [-0.2, 0) is 19.1 Å². The number of rotatable bonds is 8. The number of methoxy groups -OCH3 is 2. The predicted molar refractivity (Wildman–Crippen MR) is 85.3 cm³/mol. The van der Waals surface area contributed by atoms with Crippen molar-refractivity contribution in [2.24, 2.45) is 5.41 Å². The Kier molecular flexibility index (Phi) is 6.57. The maximum absolute atomic E-state index is 12.5. The molecule has 22 heavy (non-hydrogen) atoms. The maximum atomic E-state index is 12.5. The SMILES string of the molecule is C=CCCC(C(=O)OC)(C(=O)OC)[C@@H](C=C)c1ccccc1. The molecule has 0 amide bonds. The summed E-state index contributed by atoms with van der Waals surface area (Å²) in [4.78, 5) is 25.0. The van der Waals surface area contributed by atoms with Crippen molar-refractivity contribution >= 4 is 11.9 Å². The molecule has 4 nitrogen and oxygen atoms in total. The van der Waals surface area contributed by atoms with E-state index in [1.165, 1.54) is 14.2 Å². The Morgan fingerprint density at radius 3 is 2.09 bits per heavy atom. The molecule has 0 heterocycles. The van der Waals surface area contributed by atoms with Crippen LogP contribution in [0.4, 0.5) is 0 Å². The van der Waals surface area contributed by atoms with Gasteiger partial charge < -0.3 is 9.47 Å². The van der Waals surface area contributed by atoms with Gasteiger partial charge in [-0.2, -0.15) is 0 Å². The predicted octanol–water partition coefficient (Wildman–Crippen LogP) is 3.25. The number of esters is 2. The Bertz CT molecular complexity index is 517. The van der Waals surface area contributed by atoms with Gasteiger partial charge in [0, 0.05) is 5.92 Å². The first kappa shape index (κ1) is 17.7. The monoisotopic (exact) mass is 302 g/mol. The Morgan fingerprint density at radius 1 is 1.14 bits per heavy atom. The summed E-state index contributed by atoms with van der Waals surface area (Å²) in [5, 5.41) is 0. The fourth-order valence-electron chi connectivity index (χ4n) is 2.67. The van der Waals surface area contributed by atoms with E-state index in [1.807, 2.05) is 30.3 Å². The summed E-state index contributed by atoms with van der Waals surface area (Å²) in [5.74, 6) is -1.81. The standard InChI is InChI=1S/C18H22O4/c1-5-7-13-18(16(19)21-3,17(20)22-4)15(6-2)14-11-9-8-10-12-14/h5-6,8-12,15H,1-2,7,13H2,3-4H3/t15-/m0/s1. The van der Waals surface area contributed by atoms with Gasteiger partial charge in [-0.1, -0.05) is 42.5 Å². The molecule has 0 saturated carbocycles. The molecule has 1 atom stereocenters. The van der Waals surface area contributed by atoms with Crippen LogP contribution < -0.4 is 0 Å². The second-order valence-electron chi connectivity index (χ2n) is 4.91. The van der Waals surface area contributed by atoms with E-state index < -0.39 is 23.3 Å². The van der Waals surface area contributed by atoms with Crippen molar-refractivity contribution in [1.29, 1.82) is 0 Å². The number of allylic oxidation sites excluding steroid dienone is 2. The lowest BCUT2D eigenvalue weighted by molar-refractivity contribution is -0.170. The highest BCUT2D eigenvalue weighted by Gasteiger charge is 2.53. The molecule has 4 heteroatoms. The quantitative estimate of drug-likeness (QED) is 0.420. The summed E-state index contributed by atoms with van der Waals surface area (Å²) < 4.78 is 9.84. The van der Waals surface area contributed by atoms with Gasteiger partial charge in [-0.3, -0.25) is 9.59 Å². The number of hydrogen-bond acceptors (Lipinski definition) is 4. The van der Waals surface area contributed by atoms with Gasteiger partial charge in [0.15, 0.2) is 5.41 Å². The Morgan fingerprint density at radius 2 is 1.68 bits per heavy atom. The van der Waals surface area contributed by atoms with Gasteiger partial charge in [0.2, 0.25) is 0 Å². The van der Waals surface area contributed by atoms with Gasteiger partial charge in [-0.25, -0.2) is 0 Å². The van der Waals surface area contributed by atoms with E-state index in [-0.39, 0.29) is 6.42 Å². The average Bonchev–Trinajstić information content (AvgIpc) is 2.58. The number of benzene rings is 1. The maximum Gasteiger partial charge on any atom is 0.324 e. The molecule has 1 rings (SSSR count). The Labute approximate surface area is 131 Å². The molecule has 0 aromatic heterocycles. The van der Waals surface area contributed by atoms with Gasteiger partial charge in [0.05, 0.1) is 14.2 Å². The molecule has 1 aromatic rings. The van der Waals surface area contributed by atoms with Crippen LogP contribution in [-0.4, -0.2) is 26.2 Å². The van der Waals surface area contributed by atoms with Crippen LogP contribution in [0.25, 0.3) is 0 Å². The van der Waals surface area contributed by atoms with Crippen molar-refractivity contribution < 1.29 is 19.1 Å². The summed E-state index contributed by atoms with van der Waals surface area (Å²) in [7, 11) is 2.53. The molecular formula is C18H22O4. The van der Waals surface area contributed by atoms with Crippen LogP contribution in [0.15, 0.2) is 55.6 Å². The number of carbonyl (C=O) groups is 2. The highest BCUT2D eigenvalue weighted by molar-refractivity contribution is 6.01. The normalized spacial score (nSPS) is 12.1. The number of carbonyl (C=O) groups excluding carboxylic acids is 2. The molecule has 0 bridgehead atoms. The molecule has 0 unspecified atom stereocenters. The molecule has 0 aliphatic rings. The minimum atomic E-state index is -1.47. The van der Waals surface area contributed by atoms with Crippen LogP contribution >= 0.6 is 0 Å². The lowest BCUT2D eigenvalue weighted by Gasteiger charge is -2.34. The lowest BCUT2D eigenvalue weighted by Crippen LogP contribution is -2.45. The summed E-state index contributed by atoms with van der Waals surface area (Å²) in [5.41, 5.74) is -0.668. The largest absolute Gasteiger partial charge is 0.468 e. The summed E-state index contributed by atoms with van der Waals surface area (Å²) >= 11 is 0. The third-order valence-corrected chi connectivity index (χ3v) is 3.77. The van der Waals surface area contributed by atoms with Crippen molar-refractivity contribution in [2.75, 3.05) is 14.2 Å². The molecular weight excluding hydrogens is 280 g/mol. The topological polar surface area (TPSA) is 52.6 Å². The first-order valence-electron chi connectivity index (χ1n) is 7.03. The highest BCUT2D eigenvalue weighted by Crippen LogP contribution is 2.43. The second kappa shape index (κ2) is 8.17. The Balaban J connectivity index is 3.49. The fraction of sp³-hybridized carbons (Fsp3) is 0.333. The van der Waals surface area contributed by atoms with Crippen LogP contribution in [0.2, 0.25) is 0 Å². The van der Waals surface area contributed by atoms with E-state index in [2.05, 4.69) is 13.2 Å². The third-order valence-electron chi connectivity index (χ3n) is 3.77. The van der Waals surface area contributed by atoms with Crippen LogP contribution in [0.3, 0.4) is 0 Å². The van der Waals surface area contributed by atoms with E-state index in [4.69, 9.17) is 9.47 Å². The summed E-state index contributed by atoms with van der Waals surface area (Å²) in [6, 6.07) is 9.25. The van der Waals surface area contributed by atoms with E-state index in [9.17, 15) is 9.59 Å². The first-order valence-corrected chi connectivity index (χ1v) is 7.03. The minimum Gasteiger partial charge on any atom is -0.468 e. The van der Waals surface area contributed by atoms with Crippen molar-refractivity contribution in [3.8, 4) is 0 Å². The van der Waals surface area contributed by atoms with Gasteiger partial charge >= 0.3 is 11.9 Å². The molecule has 0 aliphatic heterocycles. The molecule has 0 saturated heterocycles. The summed E-state index contributed by atoms with van der Waals surface area (Å²) in [6.45, 7) is 7.47. The van der Waals surface area contributed by atoms with E-state index >= 15 is 0 Å². The molecule has 118 valence electrons. The third kappa shape index (κ3) is 3.27. The lowest BCUT2D eigenvalue weighted by atomic mass is 9.69.